The number of benzene rings is 2. The molecule has 4 aromatic rings. The van der Waals surface area contributed by atoms with Crippen molar-refractivity contribution in [2.75, 3.05) is 7.05 Å². The van der Waals surface area contributed by atoms with E-state index in [-0.39, 0.29) is 23.5 Å². The molecular formula is C24H26FN5O3S. The fourth-order valence-corrected chi connectivity index (χ4v) is 4.41. The second kappa shape index (κ2) is 9.40. The average molecular weight is 484 g/mol. The highest BCUT2D eigenvalue weighted by Gasteiger charge is 2.22. The van der Waals surface area contributed by atoms with Gasteiger partial charge in [-0.1, -0.05) is 12.1 Å². The molecule has 8 nitrogen and oxygen atoms in total. The molecule has 10 heteroatoms. The normalized spacial score (nSPS) is 11.8. The van der Waals surface area contributed by atoms with Gasteiger partial charge in [-0.15, -0.1) is 10.2 Å². The highest BCUT2D eigenvalue weighted by Crippen LogP contribution is 2.29. The predicted octanol–water partition coefficient (Wildman–Crippen LogP) is 4.46. The van der Waals surface area contributed by atoms with Crippen molar-refractivity contribution in [1.29, 1.82) is 0 Å². The lowest BCUT2D eigenvalue weighted by atomic mass is 10.1. The van der Waals surface area contributed by atoms with Gasteiger partial charge >= 0.3 is 0 Å². The standard InChI is InChI=1S/C24H24FN5O3S.H2/c1-14(2)34(31,32)18-9-10-19(20(25)11-18)21-13-27-15(3)22(28-21)24-30-29-23(33-24)17-7-5-16(6-8-17)12-26-4;/h5-11,13-14,26H,12H2,1-4H3;1H. The molecule has 0 amide bonds. The first-order valence-corrected chi connectivity index (χ1v) is 12.2. The maximum absolute atomic E-state index is 14.9. The average Bonchev–Trinajstić information content (AvgIpc) is 3.30. The van der Waals surface area contributed by atoms with Gasteiger partial charge in [0.15, 0.2) is 9.84 Å². The van der Waals surface area contributed by atoms with Crippen LogP contribution in [0.15, 0.2) is 58.0 Å². The third kappa shape index (κ3) is 4.59. The lowest BCUT2D eigenvalue weighted by molar-refractivity contribution is 0.581. The van der Waals surface area contributed by atoms with E-state index < -0.39 is 20.9 Å². The summed E-state index contributed by atoms with van der Waals surface area (Å²) in [5.41, 5.74) is 3.08. The number of sulfone groups is 1. The van der Waals surface area contributed by atoms with Crippen molar-refractivity contribution in [3.05, 3.63) is 65.7 Å². The van der Waals surface area contributed by atoms with Gasteiger partial charge in [0.1, 0.15) is 11.5 Å². The first-order valence-electron chi connectivity index (χ1n) is 10.7. The zero-order valence-corrected chi connectivity index (χ0v) is 20.0. The number of aryl methyl sites for hydroxylation is 1. The van der Waals surface area contributed by atoms with E-state index in [4.69, 9.17) is 4.42 Å². The summed E-state index contributed by atoms with van der Waals surface area (Å²) >= 11 is 0. The number of hydrogen-bond donors (Lipinski definition) is 1. The monoisotopic (exact) mass is 483 g/mol. The Morgan fingerprint density at radius 3 is 2.44 bits per heavy atom. The van der Waals surface area contributed by atoms with E-state index in [0.29, 0.717) is 17.3 Å². The van der Waals surface area contributed by atoms with Crippen molar-refractivity contribution in [1.82, 2.24) is 25.5 Å². The second-order valence-corrected chi connectivity index (χ2v) is 10.6. The molecule has 0 saturated carbocycles. The fraction of sp³-hybridized carbons (Fsp3) is 0.250. The molecular weight excluding hydrogens is 457 g/mol. The first kappa shape index (κ1) is 23.7. The smallest absolute Gasteiger partial charge is 0.268 e. The Bertz CT molecular complexity index is 1440. The molecule has 0 fully saturated rings. The van der Waals surface area contributed by atoms with E-state index in [2.05, 4.69) is 25.5 Å². The predicted molar refractivity (Wildman–Crippen MR) is 128 cm³/mol. The molecule has 4 rings (SSSR count). The lowest BCUT2D eigenvalue weighted by Gasteiger charge is -2.10. The lowest BCUT2D eigenvalue weighted by Crippen LogP contribution is -2.14. The highest BCUT2D eigenvalue weighted by molar-refractivity contribution is 7.92. The van der Waals surface area contributed by atoms with Gasteiger partial charge in [-0.3, -0.25) is 4.98 Å². The molecule has 0 aliphatic heterocycles. The zero-order chi connectivity index (χ0) is 24.5. The maximum Gasteiger partial charge on any atom is 0.268 e. The van der Waals surface area contributed by atoms with E-state index >= 15 is 0 Å². The van der Waals surface area contributed by atoms with Crippen LogP contribution in [0.1, 0.15) is 26.5 Å². The van der Waals surface area contributed by atoms with Gasteiger partial charge in [-0.05, 0) is 63.7 Å². The molecule has 0 aliphatic carbocycles. The van der Waals surface area contributed by atoms with E-state index in [1.807, 2.05) is 31.3 Å². The molecule has 0 radical (unpaired) electrons. The van der Waals surface area contributed by atoms with Crippen molar-refractivity contribution >= 4 is 9.84 Å². The molecule has 0 unspecified atom stereocenters. The van der Waals surface area contributed by atoms with Crippen LogP contribution >= 0.6 is 0 Å². The first-order chi connectivity index (χ1) is 16.2. The number of halogens is 1. The van der Waals surface area contributed by atoms with Gasteiger partial charge in [-0.25, -0.2) is 17.8 Å². The summed E-state index contributed by atoms with van der Waals surface area (Å²) in [6, 6.07) is 11.5. The third-order valence-corrected chi connectivity index (χ3v) is 7.48. The number of aromatic nitrogens is 4. The largest absolute Gasteiger partial charge is 0.415 e. The Morgan fingerprint density at radius 2 is 1.79 bits per heavy atom. The summed E-state index contributed by atoms with van der Waals surface area (Å²) in [5, 5.41) is 10.6. The van der Waals surface area contributed by atoms with Gasteiger partial charge in [0.2, 0.25) is 5.89 Å². The minimum atomic E-state index is -3.60. The summed E-state index contributed by atoms with van der Waals surface area (Å²) in [6.07, 6.45) is 1.42. The van der Waals surface area contributed by atoms with Crippen molar-refractivity contribution in [3.63, 3.8) is 0 Å². The van der Waals surface area contributed by atoms with Gasteiger partial charge in [-0.2, -0.15) is 0 Å². The zero-order valence-electron chi connectivity index (χ0n) is 19.2. The van der Waals surface area contributed by atoms with Crippen molar-refractivity contribution in [3.8, 4) is 34.3 Å². The Morgan fingerprint density at radius 1 is 1.09 bits per heavy atom. The van der Waals surface area contributed by atoms with E-state index in [1.165, 1.54) is 18.3 Å². The topological polar surface area (TPSA) is 111 Å². The molecule has 0 aliphatic rings. The van der Waals surface area contributed by atoms with Gasteiger partial charge < -0.3 is 9.73 Å². The molecule has 0 atom stereocenters. The number of rotatable bonds is 7. The fourth-order valence-electron chi connectivity index (χ4n) is 3.34. The minimum Gasteiger partial charge on any atom is -0.415 e. The van der Waals surface area contributed by atoms with Crippen LogP contribution in [0, 0.1) is 12.7 Å². The summed E-state index contributed by atoms with van der Waals surface area (Å²) in [6.45, 7) is 5.58. The Labute approximate surface area is 198 Å². The molecule has 2 aromatic carbocycles. The third-order valence-electron chi connectivity index (χ3n) is 5.33. The second-order valence-electron chi connectivity index (χ2n) is 8.06. The van der Waals surface area contributed by atoms with Gasteiger partial charge in [0.25, 0.3) is 5.89 Å². The molecule has 0 bridgehead atoms. The van der Waals surface area contributed by atoms with Crippen LogP contribution in [0.25, 0.3) is 34.3 Å². The van der Waals surface area contributed by atoms with Gasteiger partial charge in [0.05, 0.1) is 27.7 Å². The van der Waals surface area contributed by atoms with Crippen LogP contribution in [0.4, 0.5) is 4.39 Å². The molecule has 0 saturated heterocycles. The van der Waals surface area contributed by atoms with Crippen LogP contribution in [0.5, 0.6) is 0 Å². The number of nitrogens with zero attached hydrogens (tertiary/aromatic N) is 4. The summed E-state index contributed by atoms with van der Waals surface area (Å²) in [7, 11) is -1.72. The SMILES string of the molecule is CNCc1ccc(-c2nnc(-c3nc(-c4ccc(S(=O)(=O)C(C)C)cc4F)cnc3C)o2)cc1.[HH]. The highest BCUT2D eigenvalue weighted by atomic mass is 32.2. The summed E-state index contributed by atoms with van der Waals surface area (Å²) < 4.78 is 45.4. The Balaban J connectivity index is 0.00000342. The van der Waals surface area contributed by atoms with Crippen LogP contribution < -0.4 is 5.32 Å². The minimum absolute atomic E-state index is 0. The number of nitrogens with one attached hydrogen (secondary N) is 1. The number of hydrogen-bond acceptors (Lipinski definition) is 8. The molecule has 2 heterocycles. The van der Waals surface area contributed by atoms with Crippen molar-refractivity contribution < 1.29 is 18.7 Å². The maximum atomic E-state index is 14.9. The van der Waals surface area contributed by atoms with Crippen LogP contribution in [0.2, 0.25) is 0 Å². The van der Waals surface area contributed by atoms with Crippen LogP contribution in [-0.4, -0.2) is 40.9 Å². The van der Waals surface area contributed by atoms with Crippen molar-refractivity contribution in [2.45, 2.75) is 37.5 Å². The molecule has 0 spiro atoms. The quantitative estimate of drug-likeness (QED) is 0.410. The van der Waals surface area contributed by atoms with E-state index in [1.54, 1.807) is 20.8 Å². The van der Waals surface area contributed by atoms with E-state index in [0.717, 1.165) is 23.7 Å². The molecule has 178 valence electrons. The van der Waals surface area contributed by atoms with E-state index in [9.17, 15) is 12.8 Å². The summed E-state index contributed by atoms with van der Waals surface area (Å²) in [4.78, 5) is 8.72. The Kier molecular flexibility index (Phi) is 6.54. The Hall–Kier alpha value is -3.50. The molecule has 2 aromatic heterocycles. The van der Waals surface area contributed by atoms with Crippen LogP contribution in [-0.2, 0) is 16.4 Å². The summed E-state index contributed by atoms with van der Waals surface area (Å²) in [5.74, 6) is -0.230. The molecule has 1 N–H and O–H groups in total. The van der Waals surface area contributed by atoms with Gasteiger partial charge in [0, 0.05) is 19.1 Å². The van der Waals surface area contributed by atoms with Crippen LogP contribution in [0.3, 0.4) is 0 Å². The molecule has 34 heavy (non-hydrogen) atoms. The van der Waals surface area contributed by atoms with Crippen molar-refractivity contribution in [2.24, 2.45) is 0 Å².